The predicted molar refractivity (Wildman–Crippen MR) is 277 cm³/mol. The van der Waals surface area contributed by atoms with Crippen LogP contribution in [-0.4, -0.2) is 29.1 Å². The lowest BCUT2D eigenvalue weighted by Crippen LogP contribution is -2.01. The summed E-state index contributed by atoms with van der Waals surface area (Å²) in [6.45, 7) is 0. The summed E-state index contributed by atoms with van der Waals surface area (Å²) < 4.78 is 4.57. The first-order chi connectivity index (χ1) is 33.7. The molecule has 0 aliphatic carbocycles. The number of hydrogen-bond acceptors (Lipinski definition) is 4. The van der Waals surface area contributed by atoms with Gasteiger partial charge in [-0.3, -0.25) is 9.13 Å². The summed E-state index contributed by atoms with van der Waals surface area (Å²) in [6, 6.07) is 88.3. The molecule has 0 amide bonds. The summed E-state index contributed by atoms with van der Waals surface area (Å²) in [5.41, 5.74) is 15.9. The third kappa shape index (κ3) is 7.46. The molecule has 12 aromatic rings. The van der Waals surface area contributed by atoms with Crippen LogP contribution in [0.5, 0.6) is 0 Å². The summed E-state index contributed by atoms with van der Waals surface area (Å²) in [5, 5.41) is 0.983. The van der Waals surface area contributed by atoms with Crippen LogP contribution in [0.1, 0.15) is 0 Å². The van der Waals surface area contributed by atoms with Crippen molar-refractivity contribution in [1.82, 2.24) is 29.1 Å². The van der Waals surface area contributed by atoms with E-state index in [9.17, 15) is 0 Å². The summed E-state index contributed by atoms with van der Waals surface area (Å²) in [4.78, 5) is 21.3. The molecule has 12 rings (SSSR count). The zero-order chi connectivity index (χ0) is 45.2. The van der Waals surface area contributed by atoms with Gasteiger partial charge in [0.2, 0.25) is 0 Å². The Morgan fingerprint density at radius 3 is 1.00 bits per heavy atom. The van der Waals surface area contributed by atoms with Crippen LogP contribution in [-0.2, 0) is 0 Å². The van der Waals surface area contributed by atoms with Gasteiger partial charge in [0.05, 0.1) is 34.0 Å². The fraction of sp³-hybridized carbons (Fsp3) is 0. The standard InChI is InChI=1S/C62H42N6/c1-7-21-43(22-8-1)56-58(46-25-11-3-12-26-46)67(61(65-56)49-29-15-5-16-30-49)51-39-35-45(36-40-51)55-53-33-19-20-34-54(53)63-60(64-55)48-37-41-52(42-38-48)68-59(47-27-13-4-14-28-47)57(44-23-9-2-10-24-44)66-62(68)50-31-17-6-18-32-50/h1-42H. The monoisotopic (exact) mass is 870 g/mol. The normalized spacial score (nSPS) is 11.2. The molecule has 0 spiro atoms. The number of imidazole rings is 2. The Morgan fingerprint density at radius 2 is 0.574 bits per heavy atom. The number of nitrogens with zero attached hydrogens (tertiary/aromatic N) is 6. The molecular formula is C62H42N6. The van der Waals surface area contributed by atoms with Crippen molar-refractivity contribution in [3.05, 3.63) is 255 Å². The molecule has 3 aromatic heterocycles. The molecule has 6 heteroatoms. The maximum absolute atomic E-state index is 5.39. The van der Waals surface area contributed by atoms with E-state index in [-0.39, 0.29) is 0 Å². The lowest BCUT2D eigenvalue weighted by Gasteiger charge is -2.15. The quantitative estimate of drug-likeness (QED) is 0.137. The smallest absolute Gasteiger partial charge is 0.160 e. The van der Waals surface area contributed by atoms with Gasteiger partial charge >= 0.3 is 0 Å². The lowest BCUT2D eigenvalue weighted by atomic mass is 10.0. The van der Waals surface area contributed by atoms with Crippen LogP contribution in [0.3, 0.4) is 0 Å². The van der Waals surface area contributed by atoms with E-state index >= 15 is 0 Å². The Kier molecular flexibility index (Phi) is 10.4. The zero-order valence-electron chi connectivity index (χ0n) is 36.9. The third-order valence-corrected chi connectivity index (χ3v) is 12.4. The third-order valence-electron chi connectivity index (χ3n) is 12.4. The van der Waals surface area contributed by atoms with Crippen molar-refractivity contribution in [2.75, 3.05) is 0 Å². The van der Waals surface area contributed by atoms with Crippen LogP contribution in [0.2, 0.25) is 0 Å². The average molecular weight is 871 g/mol. The first-order valence-electron chi connectivity index (χ1n) is 22.8. The Labute approximate surface area is 394 Å². The highest BCUT2D eigenvalue weighted by Gasteiger charge is 2.25. The molecule has 68 heavy (non-hydrogen) atoms. The van der Waals surface area contributed by atoms with E-state index in [4.69, 9.17) is 19.9 Å². The summed E-state index contributed by atoms with van der Waals surface area (Å²) in [6.07, 6.45) is 0. The van der Waals surface area contributed by atoms with Gasteiger partial charge in [-0.2, -0.15) is 0 Å². The Balaban J connectivity index is 0.974. The van der Waals surface area contributed by atoms with Crippen LogP contribution in [0, 0.1) is 0 Å². The Bertz CT molecular complexity index is 3660. The van der Waals surface area contributed by atoms with Crippen molar-refractivity contribution in [1.29, 1.82) is 0 Å². The molecule has 6 nitrogen and oxygen atoms in total. The van der Waals surface area contributed by atoms with Crippen LogP contribution < -0.4 is 0 Å². The van der Waals surface area contributed by atoms with Crippen molar-refractivity contribution < 1.29 is 0 Å². The molecule has 0 N–H and O–H groups in total. The Morgan fingerprint density at radius 1 is 0.235 bits per heavy atom. The maximum atomic E-state index is 5.39. The van der Waals surface area contributed by atoms with Crippen molar-refractivity contribution in [3.63, 3.8) is 0 Å². The summed E-state index contributed by atoms with van der Waals surface area (Å²) in [7, 11) is 0. The van der Waals surface area contributed by atoms with Gasteiger partial charge < -0.3 is 0 Å². The average Bonchev–Trinajstić information content (AvgIpc) is 4.03. The minimum absolute atomic E-state index is 0.649. The lowest BCUT2D eigenvalue weighted by molar-refractivity contribution is 1.07. The molecule has 0 atom stereocenters. The van der Waals surface area contributed by atoms with E-state index in [1.54, 1.807) is 0 Å². The Hall–Kier alpha value is -9.26. The second-order valence-electron chi connectivity index (χ2n) is 16.6. The molecule has 0 radical (unpaired) electrons. The fourth-order valence-corrected chi connectivity index (χ4v) is 9.18. The summed E-state index contributed by atoms with van der Waals surface area (Å²) >= 11 is 0. The molecule has 0 saturated carbocycles. The van der Waals surface area contributed by atoms with Gasteiger partial charge in [-0.1, -0.05) is 212 Å². The van der Waals surface area contributed by atoms with Crippen LogP contribution >= 0.6 is 0 Å². The van der Waals surface area contributed by atoms with E-state index in [1.807, 2.05) is 30.3 Å². The van der Waals surface area contributed by atoms with Crippen molar-refractivity contribution in [2.24, 2.45) is 0 Å². The molecule has 0 aliphatic rings. The van der Waals surface area contributed by atoms with Gasteiger partial charge in [0, 0.05) is 61.3 Å². The summed E-state index contributed by atoms with van der Waals surface area (Å²) in [5.74, 6) is 2.38. The number of aromatic nitrogens is 6. The number of benzene rings is 9. The number of para-hydroxylation sites is 1. The van der Waals surface area contributed by atoms with Crippen molar-refractivity contribution >= 4 is 10.9 Å². The largest absolute Gasteiger partial charge is 0.292 e. The second-order valence-corrected chi connectivity index (χ2v) is 16.6. The van der Waals surface area contributed by atoms with Crippen LogP contribution in [0.15, 0.2) is 255 Å². The minimum Gasteiger partial charge on any atom is -0.292 e. The molecule has 0 unspecified atom stereocenters. The minimum atomic E-state index is 0.649. The van der Waals surface area contributed by atoms with E-state index in [1.165, 1.54) is 0 Å². The predicted octanol–water partition coefficient (Wildman–Crippen LogP) is 15.3. The first kappa shape index (κ1) is 40.3. The fourth-order valence-electron chi connectivity index (χ4n) is 9.18. The molecule has 0 saturated heterocycles. The first-order valence-corrected chi connectivity index (χ1v) is 22.8. The number of fused-ring (bicyclic) bond motifs is 1. The molecule has 9 aromatic carbocycles. The molecule has 3 heterocycles. The topological polar surface area (TPSA) is 61.4 Å². The van der Waals surface area contributed by atoms with Gasteiger partial charge in [0.15, 0.2) is 5.82 Å². The maximum Gasteiger partial charge on any atom is 0.160 e. The SMILES string of the molecule is c1ccc(-c2nc(-c3ccccc3)n(-c3ccc(-c4nc(-c5ccc(-n6c(-c7ccccc7)nc(-c7ccccc7)c6-c6ccccc6)cc5)c5ccccc5n4)cc3)c2-c2ccccc2)cc1. The van der Waals surface area contributed by atoms with Gasteiger partial charge in [-0.15, -0.1) is 0 Å². The van der Waals surface area contributed by atoms with E-state index < -0.39 is 0 Å². The van der Waals surface area contributed by atoms with Gasteiger partial charge in [0.1, 0.15) is 11.6 Å². The highest BCUT2D eigenvalue weighted by atomic mass is 15.1. The van der Waals surface area contributed by atoms with E-state index in [0.717, 1.165) is 107 Å². The molecule has 0 bridgehead atoms. The van der Waals surface area contributed by atoms with Gasteiger partial charge in [0.25, 0.3) is 0 Å². The van der Waals surface area contributed by atoms with E-state index in [0.29, 0.717) is 5.82 Å². The number of rotatable bonds is 10. The molecular weight excluding hydrogens is 829 g/mol. The highest BCUT2D eigenvalue weighted by Crippen LogP contribution is 2.41. The zero-order valence-corrected chi connectivity index (χ0v) is 36.9. The second kappa shape index (κ2) is 17.6. The molecule has 0 fully saturated rings. The van der Waals surface area contributed by atoms with Crippen LogP contribution in [0.4, 0.5) is 0 Å². The van der Waals surface area contributed by atoms with Crippen molar-refractivity contribution in [3.8, 4) is 102 Å². The number of hydrogen-bond donors (Lipinski definition) is 0. The van der Waals surface area contributed by atoms with Crippen LogP contribution in [0.25, 0.3) is 113 Å². The van der Waals surface area contributed by atoms with E-state index in [2.05, 4.69) is 234 Å². The molecule has 320 valence electrons. The highest BCUT2D eigenvalue weighted by molar-refractivity contribution is 5.94. The van der Waals surface area contributed by atoms with Gasteiger partial charge in [-0.05, 0) is 42.5 Å². The molecule has 0 aliphatic heterocycles. The van der Waals surface area contributed by atoms with Gasteiger partial charge in [-0.25, -0.2) is 19.9 Å². The van der Waals surface area contributed by atoms with Crippen molar-refractivity contribution in [2.45, 2.75) is 0 Å².